The molecule has 9 heteroatoms. The highest BCUT2D eigenvalue weighted by Gasteiger charge is 2.30. The topological polar surface area (TPSA) is 59.6 Å². The molecule has 3 aromatic rings. The average Bonchev–Trinajstić information content (AvgIpc) is 3.08. The van der Waals surface area contributed by atoms with Gasteiger partial charge in [0.25, 0.3) is 5.91 Å². The van der Waals surface area contributed by atoms with E-state index >= 15 is 0 Å². The van der Waals surface area contributed by atoms with Crippen molar-refractivity contribution in [1.82, 2.24) is 14.0 Å². The molecule has 1 saturated heterocycles. The van der Waals surface area contributed by atoms with Crippen molar-refractivity contribution in [3.63, 3.8) is 0 Å². The first-order valence-corrected chi connectivity index (χ1v) is 10.6. The minimum absolute atomic E-state index is 0.0848. The fourth-order valence-electron chi connectivity index (χ4n) is 3.08. The molecule has 0 radical (unpaired) electrons. The lowest BCUT2D eigenvalue weighted by Crippen LogP contribution is -2.23. The maximum Gasteiger partial charge on any atom is 0.328 e. The number of fused-ring (bicyclic) bond motifs is 1. The van der Waals surface area contributed by atoms with E-state index in [2.05, 4.69) is 20.9 Å². The average molecular weight is 492 g/mol. The quantitative estimate of drug-likeness (QED) is 0.495. The standard InChI is InChI=1S/C20H16BrClN4O2S/c1-24-15-7-4-11(8-16(15)25(2)20(24)28)9-17-18(27)26(3)19(29-17)23-12-5-6-13(21)14(22)10-12/h4-10H,1-3H3/b17-9-,23-19?. The molecule has 1 aromatic heterocycles. The van der Waals surface area contributed by atoms with Gasteiger partial charge in [0.1, 0.15) is 0 Å². The normalized spacial score (nSPS) is 17.3. The van der Waals surface area contributed by atoms with Crippen LogP contribution in [0.15, 0.2) is 55.6 Å². The lowest BCUT2D eigenvalue weighted by Gasteiger charge is -2.07. The predicted molar refractivity (Wildman–Crippen MR) is 123 cm³/mol. The predicted octanol–water partition coefficient (Wildman–Crippen LogP) is 4.53. The number of likely N-dealkylation sites (N-methyl/N-ethyl adjacent to an activating group) is 1. The molecule has 1 amide bonds. The Morgan fingerprint density at radius 2 is 1.76 bits per heavy atom. The number of aryl methyl sites for hydroxylation is 2. The van der Waals surface area contributed by atoms with Gasteiger partial charge in [0.2, 0.25) is 0 Å². The van der Waals surface area contributed by atoms with Gasteiger partial charge in [-0.1, -0.05) is 17.7 Å². The molecule has 6 nitrogen and oxygen atoms in total. The summed E-state index contributed by atoms with van der Waals surface area (Å²) in [6.45, 7) is 0. The number of nitrogens with zero attached hydrogens (tertiary/aromatic N) is 4. The number of carbonyl (C=O) groups excluding carboxylic acids is 1. The van der Waals surface area contributed by atoms with Crippen molar-refractivity contribution >= 4 is 73.2 Å². The number of hydrogen-bond acceptors (Lipinski definition) is 4. The molecule has 4 rings (SSSR count). The molecule has 0 spiro atoms. The van der Waals surface area contributed by atoms with E-state index in [0.29, 0.717) is 20.8 Å². The van der Waals surface area contributed by atoms with E-state index in [1.165, 1.54) is 16.7 Å². The zero-order valence-electron chi connectivity index (χ0n) is 15.8. The van der Waals surface area contributed by atoms with E-state index in [1.54, 1.807) is 36.3 Å². The van der Waals surface area contributed by atoms with Crippen molar-refractivity contribution in [3.8, 4) is 0 Å². The highest BCUT2D eigenvalue weighted by Crippen LogP contribution is 2.34. The molecule has 148 valence electrons. The minimum atomic E-state index is -0.126. The smallest absolute Gasteiger partial charge is 0.295 e. The summed E-state index contributed by atoms with van der Waals surface area (Å²) in [6.07, 6.45) is 1.82. The van der Waals surface area contributed by atoms with Crippen LogP contribution in [-0.2, 0) is 18.9 Å². The van der Waals surface area contributed by atoms with Gasteiger partial charge in [0.05, 0.1) is 26.6 Å². The van der Waals surface area contributed by atoms with Crippen LogP contribution in [-0.4, -0.2) is 32.2 Å². The SMILES string of the molecule is CN1C(=O)/C(=C/c2ccc3c(c2)n(C)c(=O)n3C)SC1=Nc1ccc(Br)c(Cl)c1. The minimum Gasteiger partial charge on any atom is -0.295 e. The molecule has 1 fully saturated rings. The first-order chi connectivity index (χ1) is 13.8. The number of imidazole rings is 1. The van der Waals surface area contributed by atoms with Crippen molar-refractivity contribution in [2.24, 2.45) is 19.1 Å². The lowest BCUT2D eigenvalue weighted by atomic mass is 10.2. The highest BCUT2D eigenvalue weighted by molar-refractivity contribution is 9.10. The number of amidine groups is 1. The summed E-state index contributed by atoms with van der Waals surface area (Å²) < 4.78 is 3.99. The molecular weight excluding hydrogens is 476 g/mol. The van der Waals surface area contributed by atoms with Crippen LogP contribution in [0, 0.1) is 0 Å². The van der Waals surface area contributed by atoms with Gasteiger partial charge < -0.3 is 0 Å². The Morgan fingerprint density at radius 1 is 1.03 bits per heavy atom. The third-order valence-electron chi connectivity index (χ3n) is 4.73. The Hall–Kier alpha value is -2.29. The van der Waals surface area contributed by atoms with Crippen LogP contribution in [0.2, 0.25) is 5.02 Å². The zero-order valence-corrected chi connectivity index (χ0v) is 19.0. The third kappa shape index (κ3) is 3.56. The van der Waals surface area contributed by atoms with E-state index in [1.807, 2.05) is 36.4 Å². The summed E-state index contributed by atoms with van der Waals surface area (Å²) in [5.74, 6) is -0.126. The van der Waals surface area contributed by atoms with Gasteiger partial charge >= 0.3 is 5.69 Å². The molecular formula is C20H16BrClN4O2S. The zero-order chi connectivity index (χ0) is 20.9. The van der Waals surface area contributed by atoms with Gasteiger partial charge in [-0.05, 0) is 69.7 Å². The number of rotatable bonds is 2. The third-order valence-corrected chi connectivity index (χ3v) is 7.02. The van der Waals surface area contributed by atoms with Crippen LogP contribution in [0.5, 0.6) is 0 Å². The lowest BCUT2D eigenvalue weighted by molar-refractivity contribution is -0.121. The fourth-order valence-corrected chi connectivity index (χ4v) is 4.49. The highest BCUT2D eigenvalue weighted by atomic mass is 79.9. The number of thioether (sulfide) groups is 1. The molecule has 0 N–H and O–H groups in total. The number of amides is 1. The largest absolute Gasteiger partial charge is 0.328 e. The van der Waals surface area contributed by atoms with Gasteiger partial charge in [-0.3, -0.25) is 18.8 Å². The Bertz CT molecular complexity index is 1290. The van der Waals surface area contributed by atoms with Gasteiger partial charge in [-0.25, -0.2) is 9.79 Å². The Labute approximate surface area is 184 Å². The second-order valence-corrected chi connectivity index (χ2v) is 8.89. The molecule has 1 aliphatic rings. The maximum atomic E-state index is 12.7. The molecule has 2 heterocycles. The van der Waals surface area contributed by atoms with Crippen LogP contribution in [0.1, 0.15) is 5.56 Å². The first-order valence-electron chi connectivity index (χ1n) is 8.63. The summed E-state index contributed by atoms with van der Waals surface area (Å²) in [4.78, 5) is 31.4. The molecule has 0 atom stereocenters. The molecule has 1 aliphatic heterocycles. The first kappa shape index (κ1) is 20.0. The Kier molecular flexibility index (Phi) is 5.18. The van der Waals surface area contributed by atoms with E-state index in [-0.39, 0.29) is 11.6 Å². The van der Waals surface area contributed by atoms with Crippen molar-refractivity contribution in [3.05, 3.63) is 66.8 Å². The van der Waals surface area contributed by atoms with E-state index in [9.17, 15) is 9.59 Å². The van der Waals surface area contributed by atoms with E-state index in [0.717, 1.165) is 21.1 Å². The van der Waals surface area contributed by atoms with Crippen LogP contribution in [0.25, 0.3) is 17.1 Å². The molecule has 2 aromatic carbocycles. The van der Waals surface area contributed by atoms with Crippen LogP contribution in [0.4, 0.5) is 5.69 Å². The van der Waals surface area contributed by atoms with Crippen LogP contribution >= 0.6 is 39.3 Å². The van der Waals surface area contributed by atoms with Crippen LogP contribution in [0.3, 0.4) is 0 Å². The van der Waals surface area contributed by atoms with Crippen molar-refractivity contribution in [1.29, 1.82) is 0 Å². The number of carbonyl (C=O) groups is 1. The summed E-state index contributed by atoms with van der Waals surface area (Å²) in [5.41, 5.74) is 3.09. The number of aromatic nitrogens is 2. The van der Waals surface area contributed by atoms with E-state index in [4.69, 9.17) is 11.6 Å². The Balaban J connectivity index is 1.69. The second kappa shape index (κ2) is 7.51. The van der Waals surface area contributed by atoms with Crippen molar-refractivity contribution in [2.75, 3.05) is 7.05 Å². The molecule has 0 saturated carbocycles. The van der Waals surface area contributed by atoms with E-state index < -0.39 is 0 Å². The van der Waals surface area contributed by atoms with Crippen molar-refractivity contribution in [2.45, 2.75) is 0 Å². The van der Waals surface area contributed by atoms with Gasteiger partial charge in [0, 0.05) is 25.6 Å². The number of halogens is 2. The molecule has 0 bridgehead atoms. The number of hydrogen-bond donors (Lipinski definition) is 0. The summed E-state index contributed by atoms with van der Waals surface area (Å²) in [7, 11) is 5.17. The van der Waals surface area contributed by atoms with Gasteiger partial charge in [-0.15, -0.1) is 0 Å². The number of benzene rings is 2. The molecule has 29 heavy (non-hydrogen) atoms. The summed E-state index contributed by atoms with van der Waals surface area (Å²) >= 11 is 10.8. The van der Waals surface area contributed by atoms with Crippen LogP contribution < -0.4 is 5.69 Å². The fraction of sp³-hybridized carbons (Fsp3) is 0.150. The monoisotopic (exact) mass is 490 g/mol. The molecule has 0 aliphatic carbocycles. The summed E-state index contributed by atoms with van der Waals surface area (Å²) in [6, 6.07) is 11.1. The van der Waals surface area contributed by atoms with Gasteiger partial charge in [-0.2, -0.15) is 0 Å². The Morgan fingerprint density at radius 3 is 2.48 bits per heavy atom. The summed E-state index contributed by atoms with van der Waals surface area (Å²) in [5, 5.41) is 1.13. The number of aliphatic imine (C=N–C) groups is 1. The maximum absolute atomic E-state index is 12.7. The second-order valence-electron chi connectivity index (χ2n) is 6.62. The van der Waals surface area contributed by atoms with Gasteiger partial charge in [0.15, 0.2) is 5.17 Å². The van der Waals surface area contributed by atoms with Crippen molar-refractivity contribution < 1.29 is 4.79 Å². The molecule has 0 unspecified atom stereocenters.